The van der Waals surface area contributed by atoms with Gasteiger partial charge in [-0.3, -0.25) is 9.59 Å². The molecule has 6 nitrogen and oxygen atoms in total. The monoisotopic (exact) mass is 290 g/mol. The number of aromatic nitrogens is 2. The Morgan fingerprint density at radius 3 is 2.76 bits per heavy atom. The molecule has 2 N–H and O–H groups in total. The zero-order chi connectivity index (χ0) is 15.1. The van der Waals surface area contributed by atoms with Gasteiger partial charge in [-0.1, -0.05) is 0 Å². The Labute approximate surface area is 123 Å². The zero-order valence-corrected chi connectivity index (χ0v) is 12.6. The first-order chi connectivity index (χ1) is 9.95. The second kappa shape index (κ2) is 5.26. The van der Waals surface area contributed by atoms with E-state index >= 15 is 0 Å². The van der Waals surface area contributed by atoms with E-state index in [0.29, 0.717) is 18.4 Å². The highest BCUT2D eigenvalue weighted by Gasteiger charge is 2.42. The quantitative estimate of drug-likeness (QED) is 0.853. The summed E-state index contributed by atoms with van der Waals surface area (Å²) < 4.78 is 1.25. The number of carbonyl (C=O) groups excluding carboxylic acids is 1. The first-order valence-corrected chi connectivity index (χ1v) is 7.54. The number of carbonyl (C=O) groups is 1. The molecule has 0 aromatic carbocycles. The molecule has 1 saturated carbocycles. The molecule has 2 atom stereocenters. The van der Waals surface area contributed by atoms with Crippen LogP contribution < -0.4 is 11.3 Å². The smallest absolute Gasteiger partial charge is 0.267 e. The Balaban J connectivity index is 1.69. The molecule has 6 heteroatoms. The maximum Gasteiger partial charge on any atom is 0.267 e. The van der Waals surface area contributed by atoms with E-state index in [4.69, 9.17) is 5.73 Å². The van der Waals surface area contributed by atoms with E-state index in [9.17, 15) is 9.59 Å². The van der Waals surface area contributed by atoms with Gasteiger partial charge < -0.3 is 10.6 Å². The highest BCUT2D eigenvalue weighted by molar-refractivity contribution is 5.76. The molecule has 21 heavy (non-hydrogen) atoms. The van der Waals surface area contributed by atoms with Crippen LogP contribution in [0.5, 0.6) is 0 Å². The Morgan fingerprint density at radius 1 is 1.38 bits per heavy atom. The molecular formula is C15H22N4O2. The third kappa shape index (κ3) is 2.85. The van der Waals surface area contributed by atoms with E-state index in [1.807, 2.05) is 13.8 Å². The van der Waals surface area contributed by atoms with E-state index in [1.165, 1.54) is 23.6 Å². The van der Waals surface area contributed by atoms with Crippen molar-refractivity contribution in [2.24, 2.45) is 17.6 Å². The van der Waals surface area contributed by atoms with Crippen LogP contribution in [0.4, 0.5) is 0 Å². The van der Waals surface area contributed by atoms with Gasteiger partial charge >= 0.3 is 0 Å². The van der Waals surface area contributed by atoms with Gasteiger partial charge in [-0.25, -0.2) is 4.68 Å². The number of nitrogens with zero attached hydrogens (tertiary/aromatic N) is 3. The molecule has 1 saturated heterocycles. The van der Waals surface area contributed by atoms with Crippen LogP contribution in [0.1, 0.15) is 24.1 Å². The van der Waals surface area contributed by atoms with Gasteiger partial charge in [0.25, 0.3) is 5.56 Å². The van der Waals surface area contributed by atoms with Gasteiger partial charge in [0, 0.05) is 25.2 Å². The summed E-state index contributed by atoms with van der Waals surface area (Å²) in [6.07, 6.45) is 2.47. The maximum atomic E-state index is 12.4. The largest absolute Gasteiger partial charge is 0.339 e. The Hall–Kier alpha value is -1.69. The normalized spacial score (nSPS) is 25.4. The molecule has 1 aromatic heterocycles. The SMILES string of the molecule is Cc1cc(=O)n(CC(=O)N2C[C@H](C3CC3)[C@@H](N)C2)nc1C. The van der Waals surface area contributed by atoms with Gasteiger partial charge in [0.1, 0.15) is 6.54 Å². The number of hydrogen-bond acceptors (Lipinski definition) is 4. The minimum atomic E-state index is -0.228. The minimum absolute atomic E-state index is 0.00403. The Morgan fingerprint density at radius 2 is 2.10 bits per heavy atom. The maximum absolute atomic E-state index is 12.4. The van der Waals surface area contributed by atoms with Crippen LogP contribution in [-0.4, -0.2) is 39.7 Å². The summed E-state index contributed by atoms with van der Waals surface area (Å²) >= 11 is 0. The highest BCUT2D eigenvalue weighted by Crippen LogP contribution is 2.40. The molecule has 1 aromatic rings. The van der Waals surface area contributed by atoms with Gasteiger partial charge in [-0.15, -0.1) is 0 Å². The van der Waals surface area contributed by atoms with Crippen molar-refractivity contribution in [3.8, 4) is 0 Å². The molecule has 2 aliphatic rings. The summed E-state index contributed by atoms with van der Waals surface area (Å²) in [5, 5.41) is 4.19. The molecule has 2 heterocycles. The van der Waals surface area contributed by atoms with Crippen LogP contribution in [0, 0.1) is 25.7 Å². The summed E-state index contributed by atoms with van der Waals surface area (Å²) in [7, 11) is 0. The van der Waals surface area contributed by atoms with Crippen LogP contribution >= 0.6 is 0 Å². The zero-order valence-electron chi connectivity index (χ0n) is 12.6. The van der Waals surface area contributed by atoms with Gasteiger partial charge in [-0.2, -0.15) is 5.10 Å². The topological polar surface area (TPSA) is 81.2 Å². The molecule has 0 spiro atoms. The lowest BCUT2D eigenvalue weighted by molar-refractivity contribution is -0.131. The average Bonchev–Trinajstić information content (AvgIpc) is 3.19. The fourth-order valence-corrected chi connectivity index (χ4v) is 3.10. The van der Waals surface area contributed by atoms with Crippen molar-refractivity contribution in [1.29, 1.82) is 0 Å². The number of rotatable bonds is 3. The number of nitrogens with two attached hydrogens (primary N) is 1. The molecule has 1 aliphatic heterocycles. The molecule has 1 aliphatic carbocycles. The van der Waals surface area contributed by atoms with Gasteiger partial charge in [-0.05, 0) is 44.1 Å². The summed E-state index contributed by atoms with van der Waals surface area (Å²) in [5.74, 6) is 1.06. The van der Waals surface area contributed by atoms with Crippen LogP contribution in [0.2, 0.25) is 0 Å². The Kier molecular flexibility index (Phi) is 3.57. The third-order valence-electron chi connectivity index (χ3n) is 4.71. The van der Waals surface area contributed by atoms with Crippen molar-refractivity contribution in [2.75, 3.05) is 13.1 Å². The lowest BCUT2D eigenvalue weighted by Gasteiger charge is -2.17. The molecular weight excluding hydrogens is 268 g/mol. The molecule has 0 unspecified atom stereocenters. The fraction of sp³-hybridized carbons (Fsp3) is 0.667. The van der Waals surface area contributed by atoms with E-state index in [1.54, 1.807) is 4.90 Å². The van der Waals surface area contributed by atoms with Crippen molar-refractivity contribution in [3.63, 3.8) is 0 Å². The van der Waals surface area contributed by atoms with E-state index in [-0.39, 0.29) is 24.1 Å². The standard InChI is InChI=1S/C15H22N4O2/c1-9-5-14(20)19(17-10(9)2)8-15(21)18-6-12(11-3-4-11)13(16)7-18/h5,11-13H,3-4,6-8,16H2,1-2H3/t12-,13+/m1/s1. The number of aryl methyl sites for hydroxylation is 2. The highest BCUT2D eigenvalue weighted by atomic mass is 16.2. The third-order valence-corrected chi connectivity index (χ3v) is 4.71. The molecule has 0 bridgehead atoms. The van der Waals surface area contributed by atoms with Crippen LogP contribution in [0.25, 0.3) is 0 Å². The predicted molar refractivity (Wildman–Crippen MR) is 78.7 cm³/mol. The molecule has 0 radical (unpaired) electrons. The number of likely N-dealkylation sites (tertiary alicyclic amines) is 1. The van der Waals surface area contributed by atoms with Crippen LogP contribution in [0.3, 0.4) is 0 Å². The molecule has 3 rings (SSSR count). The molecule has 114 valence electrons. The number of amides is 1. The second-order valence-electron chi connectivity index (χ2n) is 6.37. The fourth-order valence-electron chi connectivity index (χ4n) is 3.10. The first kappa shape index (κ1) is 14.3. The van der Waals surface area contributed by atoms with Crippen molar-refractivity contribution >= 4 is 5.91 Å². The average molecular weight is 290 g/mol. The van der Waals surface area contributed by atoms with E-state index in [0.717, 1.165) is 17.8 Å². The van der Waals surface area contributed by atoms with Gasteiger partial charge in [0.2, 0.25) is 5.91 Å². The lowest BCUT2D eigenvalue weighted by Crippen LogP contribution is -2.37. The van der Waals surface area contributed by atoms with Crippen molar-refractivity contribution in [3.05, 3.63) is 27.7 Å². The summed E-state index contributed by atoms with van der Waals surface area (Å²) in [6.45, 7) is 5.01. The molecule has 1 amide bonds. The van der Waals surface area contributed by atoms with Crippen molar-refractivity contribution in [2.45, 2.75) is 39.3 Å². The summed E-state index contributed by atoms with van der Waals surface area (Å²) in [4.78, 5) is 26.1. The summed E-state index contributed by atoms with van der Waals surface area (Å²) in [5.41, 5.74) is 7.53. The van der Waals surface area contributed by atoms with Gasteiger partial charge in [0.15, 0.2) is 0 Å². The van der Waals surface area contributed by atoms with Crippen LogP contribution in [0.15, 0.2) is 10.9 Å². The van der Waals surface area contributed by atoms with Gasteiger partial charge in [0.05, 0.1) is 5.69 Å². The van der Waals surface area contributed by atoms with Crippen molar-refractivity contribution < 1.29 is 4.79 Å². The lowest BCUT2D eigenvalue weighted by atomic mass is 9.99. The minimum Gasteiger partial charge on any atom is -0.339 e. The van der Waals surface area contributed by atoms with Crippen molar-refractivity contribution in [1.82, 2.24) is 14.7 Å². The predicted octanol–water partition coefficient (Wildman–Crippen LogP) is 0.0558. The van der Waals surface area contributed by atoms with E-state index < -0.39 is 0 Å². The molecule has 2 fully saturated rings. The first-order valence-electron chi connectivity index (χ1n) is 7.54. The summed E-state index contributed by atoms with van der Waals surface area (Å²) in [6, 6.07) is 1.60. The Bertz CT molecular complexity index is 621. The second-order valence-corrected chi connectivity index (χ2v) is 6.37. The van der Waals surface area contributed by atoms with E-state index in [2.05, 4.69) is 5.10 Å². The number of hydrogen-bond donors (Lipinski definition) is 1. The van der Waals surface area contributed by atoms with Crippen LogP contribution in [-0.2, 0) is 11.3 Å².